The quantitative estimate of drug-likeness (QED) is 0.543. The number of rotatable bonds is 7. The molecule has 2 aromatic carbocycles. The van der Waals surface area contributed by atoms with Gasteiger partial charge in [-0.25, -0.2) is 9.18 Å². The molecule has 3 rings (SSSR count). The Balaban J connectivity index is 1.66. The summed E-state index contributed by atoms with van der Waals surface area (Å²) < 4.78 is 24.4. The number of methoxy groups -OCH3 is 1. The van der Waals surface area contributed by atoms with Crippen molar-refractivity contribution in [2.24, 2.45) is 0 Å². The first-order chi connectivity index (χ1) is 13.5. The van der Waals surface area contributed by atoms with Crippen molar-refractivity contribution >= 4 is 38.7 Å². The second kappa shape index (κ2) is 8.88. The van der Waals surface area contributed by atoms with Crippen molar-refractivity contribution in [2.45, 2.75) is 12.5 Å². The first kappa shape index (κ1) is 19.9. The maximum Gasteiger partial charge on any atom is 0.328 e. The predicted molar refractivity (Wildman–Crippen MR) is 106 cm³/mol. The third kappa shape index (κ3) is 4.69. The van der Waals surface area contributed by atoms with Crippen LogP contribution in [0.3, 0.4) is 0 Å². The Hall–Kier alpha value is -2.87. The molecule has 0 aliphatic rings. The molecule has 146 valence electrons. The molecule has 1 heterocycles. The van der Waals surface area contributed by atoms with E-state index in [0.717, 1.165) is 16.5 Å². The minimum absolute atomic E-state index is 0.0513. The standard InChI is InChI=1S/C20H18BrFN2O4/c1-27-20(26)17(8-12-10-23-16-5-3-2-4-14(12)16)24-19(25)11-28-18-7-6-13(21)9-15(18)22/h2-7,9-10,17,23H,8,11H2,1H3,(H,24,25)/t17-/m1/s1. The summed E-state index contributed by atoms with van der Waals surface area (Å²) in [6.07, 6.45) is 2.04. The molecule has 0 saturated carbocycles. The van der Waals surface area contributed by atoms with E-state index in [1.165, 1.54) is 19.2 Å². The van der Waals surface area contributed by atoms with Crippen LogP contribution in [0.25, 0.3) is 10.9 Å². The topological polar surface area (TPSA) is 80.4 Å². The van der Waals surface area contributed by atoms with Gasteiger partial charge in [-0.3, -0.25) is 4.79 Å². The molecule has 0 bridgehead atoms. The van der Waals surface area contributed by atoms with Gasteiger partial charge in [0.05, 0.1) is 7.11 Å². The highest BCUT2D eigenvalue weighted by atomic mass is 79.9. The molecule has 3 aromatic rings. The minimum atomic E-state index is -0.893. The number of H-pyrrole nitrogens is 1. The van der Waals surface area contributed by atoms with Gasteiger partial charge in [0.15, 0.2) is 18.2 Å². The number of aromatic amines is 1. The molecule has 2 N–H and O–H groups in total. The number of hydrogen-bond acceptors (Lipinski definition) is 4. The highest BCUT2D eigenvalue weighted by Gasteiger charge is 2.23. The van der Waals surface area contributed by atoms with Crippen molar-refractivity contribution in [3.8, 4) is 5.75 Å². The third-order valence-corrected chi connectivity index (χ3v) is 4.67. The molecule has 28 heavy (non-hydrogen) atoms. The molecule has 0 fully saturated rings. The van der Waals surface area contributed by atoms with Gasteiger partial charge >= 0.3 is 5.97 Å². The Morgan fingerprint density at radius 3 is 2.79 bits per heavy atom. The van der Waals surface area contributed by atoms with Crippen molar-refractivity contribution in [1.29, 1.82) is 0 Å². The van der Waals surface area contributed by atoms with Gasteiger partial charge in [0.2, 0.25) is 0 Å². The lowest BCUT2D eigenvalue weighted by Crippen LogP contribution is -2.44. The summed E-state index contributed by atoms with van der Waals surface area (Å²) in [6, 6.07) is 11.0. The van der Waals surface area contributed by atoms with Crippen LogP contribution < -0.4 is 10.1 Å². The highest BCUT2D eigenvalue weighted by molar-refractivity contribution is 9.10. The van der Waals surface area contributed by atoms with E-state index in [-0.39, 0.29) is 12.2 Å². The fourth-order valence-electron chi connectivity index (χ4n) is 2.83. The van der Waals surface area contributed by atoms with E-state index in [1.807, 2.05) is 24.3 Å². The van der Waals surface area contributed by atoms with Crippen LogP contribution in [-0.2, 0) is 20.7 Å². The predicted octanol–water partition coefficient (Wildman–Crippen LogP) is 3.35. The number of fused-ring (bicyclic) bond motifs is 1. The molecule has 0 spiro atoms. The molecule has 6 nitrogen and oxygen atoms in total. The van der Waals surface area contributed by atoms with E-state index in [4.69, 9.17) is 9.47 Å². The SMILES string of the molecule is COC(=O)[C@@H](Cc1c[nH]c2ccccc12)NC(=O)COc1ccc(Br)cc1F. The van der Waals surface area contributed by atoms with Crippen LogP contribution in [0.15, 0.2) is 53.1 Å². The number of aromatic nitrogens is 1. The average molecular weight is 449 g/mol. The van der Waals surface area contributed by atoms with Crippen LogP contribution in [0, 0.1) is 5.82 Å². The first-order valence-electron chi connectivity index (χ1n) is 8.48. The van der Waals surface area contributed by atoms with Crippen molar-refractivity contribution < 1.29 is 23.5 Å². The number of esters is 1. The van der Waals surface area contributed by atoms with Crippen LogP contribution in [0.2, 0.25) is 0 Å². The molecule has 1 atom stereocenters. The number of nitrogens with one attached hydrogen (secondary N) is 2. The zero-order valence-electron chi connectivity index (χ0n) is 15.0. The highest BCUT2D eigenvalue weighted by Crippen LogP contribution is 2.22. The molecule has 0 saturated heterocycles. The van der Waals surface area contributed by atoms with Gasteiger partial charge in [0, 0.05) is 28.0 Å². The molecule has 0 unspecified atom stereocenters. The van der Waals surface area contributed by atoms with Gasteiger partial charge in [-0.05, 0) is 29.8 Å². The fourth-order valence-corrected chi connectivity index (χ4v) is 3.16. The number of hydrogen-bond donors (Lipinski definition) is 2. The minimum Gasteiger partial charge on any atom is -0.481 e. The van der Waals surface area contributed by atoms with E-state index in [1.54, 1.807) is 12.3 Å². The number of carbonyl (C=O) groups is 2. The van der Waals surface area contributed by atoms with E-state index >= 15 is 0 Å². The number of benzene rings is 2. The Kier molecular flexibility index (Phi) is 6.30. The second-order valence-corrected chi connectivity index (χ2v) is 6.99. The number of carbonyl (C=O) groups excluding carboxylic acids is 2. The van der Waals surface area contributed by atoms with Crippen LogP contribution in [0.5, 0.6) is 5.75 Å². The summed E-state index contributed by atoms with van der Waals surface area (Å²) in [5.74, 6) is -1.78. The zero-order valence-corrected chi connectivity index (χ0v) is 16.6. The number of para-hydroxylation sites is 1. The van der Waals surface area contributed by atoms with Gasteiger partial charge in [0.25, 0.3) is 5.91 Å². The summed E-state index contributed by atoms with van der Waals surface area (Å²) in [6.45, 7) is -0.431. The average Bonchev–Trinajstić information content (AvgIpc) is 3.09. The summed E-state index contributed by atoms with van der Waals surface area (Å²) in [5, 5.41) is 3.54. The largest absolute Gasteiger partial charge is 0.481 e. The summed E-state index contributed by atoms with van der Waals surface area (Å²) in [5.41, 5.74) is 1.80. The van der Waals surface area contributed by atoms with Crippen molar-refractivity contribution in [3.05, 3.63) is 64.5 Å². The maximum absolute atomic E-state index is 13.8. The molecule has 0 aliphatic heterocycles. The van der Waals surface area contributed by atoms with Gasteiger partial charge in [0.1, 0.15) is 6.04 Å². The normalized spacial score (nSPS) is 11.8. The van der Waals surface area contributed by atoms with Crippen LogP contribution in [0.4, 0.5) is 4.39 Å². The third-order valence-electron chi connectivity index (χ3n) is 4.17. The fraction of sp³-hybridized carbons (Fsp3) is 0.200. The van der Waals surface area contributed by atoms with E-state index in [2.05, 4.69) is 26.2 Å². The molecular weight excluding hydrogens is 431 g/mol. The Labute approximate surface area is 169 Å². The van der Waals surface area contributed by atoms with Crippen LogP contribution in [-0.4, -0.2) is 36.6 Å². The molecule has 1 aromatic heterocycles. The molecule has 1 amide bonds. The Bertz CT molecular complexity index is 1000. The van der Waals surface area contributed by atoms with E-state index in [9.17, 15) is 14.0 Å². The number of amides is 1. The van der Waals surface area contributed by atoms with Gasteiger partial charge in [-0.2, -0.15) is 0 Å². The lowest BCUT2D eigenvalue weighted by molar-refractivity contribution is -0.145. The van der Waals surface area contributed by atoms with Gasteiger partial charge in [-0.1, -0.05) is 34.1 Å². The molecular formula is C20H18BrFN2O4. The van der Waals surface area contributed by atoms with Crippen molar-refractivity contribution in [1.82, 2.24) is 10.3 Å². The second-order valence-electron chi connectivity index (χ2n) is 6.07. The van der Waals surface area contributed by atoms with E-state index in [0.29, 0.717) is 4.47 Å². The lowest BCUT2D eigenvalue weighted by Gasteiger charge is -2.16. The van der Waals surface area contributed by atoms with Gasteiger partial charge < -0.3 is 19.8 Å². The van der Waals surface area contributed by atoms with E-state index < -0.39 is 30.3 Å². The molecule has 0 radical (unpaired) electrons. The van der Waals surface area contributed by atoms with Crippen molar-refractivity contribution in [2.75, 3.05) is 13.7 Å². The van der Waals surface area contributed by atoms with Crippen LogP contribution >= 0.6 is 15.9 Å². The maximum atomic E-state index is 13.8. The lowest BCUT2D eigenvalue weighted by atomic mass is 10.0. The molecule has 8 heteroatoms. The molecule has 0 aliphatic carbocycles. The first-order valence-corrected chi connectivity index (χ1v) is 9.27. The Morgan fingerprint density at radius 2 is 2.04 bits per heavy atom. The zero-order chi connectivity index (χ0) is 20.1. The summed E-state index contributed by atoms with van der Waals surface area (Å²) in [7, 11) is 1.25. The number of ether oxygens (including phenoxy) is 2. The smallest absolute Gasteiger partial charge is 0.328 e. The number of halogens is 2. The van der Waals surface area contributed by atoms with Crippen molar-refractivity contribution in [3.63, 3.8) is 0 Å². The van der Waals surface area contributed by atoms with Gasteiger partial charge in [-0.15, -0.1) is 0 Å². The Morgan fingerprint density at radius 1 is 1.25 bits per heavy atom. The van der Waals surface area contributed by atoms with Crippen LogP contribution in [0.1, 0.15) is 5.56 Å². The summed E-state index contributed by atoms with van der Waals surface area (Å²) in [4.78, 5) is 27.5. The monoisotopic (exact) mass is 448 g/mol. The summed E-state index contributed by atoms with van der Waals surface area (Å²) >= 11 is 3.15.